The summed E-state index contributed by atoms with van der Waals surface area (Å²) in [4.78, 5) is 24.1. The minimum Gasteiger partial charge on any atom is -0.478 e. The van der Waals surface area contributed by atoms with Crippen LogP contribution >= 0.6 is 27.5 Å². The van der Waals surface area contributed by atoms with Crippen molar-refractivity contribution in [3.63, 3.8) is 0 Å². The molecule has 1 aromatic carbocycles. The fourth-order valence-corrected chi connectivity index (χ4v) is 3.33. The molecule has 24 heavy (non-hydrogen) atoms. The van der Waals surface area contributed by atoms with Crippen molar-refractivity contribution in [2.45, 2.75) is 5.92 Å². The van der Waals surface area contributed by atoms with Crippen molar-refractivity contribution in [3.8, 4) is 0 Å². The number of hydrogen-bond acceptors (Lipinski definition) is 4. The summed E-state index contributed by atoms with van der Waals surface area (Å²) in [5, 5.41) is 12.8. The van der Waals surface area contributed by atoms with Crippen LogP contribution in [0, 0.1) is 0 Å². The van der Waals surface area contributed by atoms with E-state index in [9.17, 15) is 19.1 Å². The summed E-state index contributed by atoms with van der Waals surface area (Å²) in [6.45, 7) is -0.977. The molecule has 0 spiro atoms. The van der Waals surface area contributed by atoms with E-state index in [0.717, 1.165) is 7.11 Å². The molecule has 0 bridgehead atoms. The number of rotatable bonds is 5. The second-order valence-corrected chi connectivity index (χ2v) is 5.90. The molecular formula is C16H14BrClFNO4. The van der Waals surface area contributed by atoms with Crippen LogP contribution in [0.1, 0.15) is 11.5 Å². The van der Waals surface area contributed by atoms with Gasteiger partial charge in [-0.2, -0.15) is 0 Å². The van der Waals surface area contributed by atoms with Crippen molar-refractivity contribution < 1.29 is 23.8 Å². The molecule has 0 saturated carbocycles. The maximum atomic E-state index is 13.5. The maximum Gasteiger partial charge on any atom is 0.336 e. The molecule has 2 rings (SSSR count). The molecule has 0 amide bonds. The lowest BCUT2D eigenvalue weighted by atomic mass is 9.80. The number of nitrogens with one attached hydrogen (secondary N) is 1. The molecule has 1 unspecified atom stereocenters. The topological polar surface area (TPSA) is 75.6 Å². The molecule has 5 nitrogen and oxygen atoms in total. The van der Waals surface area contributed by atoms with E-state index in [-0.39, 0.29) is 32.9 Å². The highest BCUT2D eigenvalue weighted by Crippen LogP contribution is 2.41. The Kier molecular flexibility index (Phi) is 6.01. The minimum absolute atomic E-state index is 0.0359. The summed E-state index contributed by atoms with van der Waals surface area (Å²) in [7, 11) is 1.15. The van der Waals surface area contributed by atoms with Crippen molar-refractivity contribution in [1.82, 2.24) is 5.32 Å². The van der Waals surface area contributed by atoms with Gasteiger partial charge in [-0.1, -0.05) is 45.7 Å². The second-order valence-electron chi connectivity index (χ2n) is 4.93. The van der Waals surface area contributed by atoms with Crippen LogP contribution in [0.4, 0.5) is 4.39 Å². The van der Waals surface area contributed by atoms with E-state index in [0.29, 0.717) is 5.56 Å². The highest BCUT2D eigenvalue weighted by molar-refractivity contribution is 9.09. The highest BCUT2D eigenvalue weighted by atomic mass is 79.9. The van der Waals surface area contributed by atoms with E-state index in [2.05, 4.69) is 21.2 Å². The Morgan fingerprint density at radius 2 is 2.00 bits per heavy atom. The maximum absolute atomic E-state index is 13.5. The van der Waals surface area contributed by atoms with E-state index < -0.39 is 24.5 Å². The van der Waals surface area contributed by atoms with Crippen molar-refractivity contribution in [2.24, 2.45) is 0 Å². The molecule has 128 valence electrons. The van der Waals surface area contributed by atoms with Gasteiger partial charge >= 0.3 is 11.9 Å². The Morgan fingerprint density at radius 3 is 2.50 bits per heavy atom. The number of carboxylic acid groups (broad SMARTS) is 1. The highest BCUT2D eigenvalue weighted by Gasteiger charge is 2.39. The summed E-state index contributed by atoms with van der Waals surface area (Å²) in [5.74, 6) is -3.09. The van der Waals surface area contributed by atoms with Gasteiger partial charge in [0.15, 0.2) is 0 Å². The zero-order chi connectivity index (χ0) is 17.9. The van der Waals surface area contributed by atoms with Gasteiger partial charge in [0, 0.05) is 16.0 Å². The van der Waals surface area contributed by atoms with Gasteiger partial charge in [-0.15, -0.1) is 0 Å². The molecule has 0 saturated heterocycles. The number of carboxylic acids is 1. The lowest BCUT2D eigenvalue weighted by Gasteiger charge is -2.30. The summed E-state index contributed by atoms with van der Waals surface area (Å²) < 4.78 is 18.2. The van der Waals surface area contributed by atoms with Crippen molar-refractivity contribution in [3.05, 3.63) is 57.4 Å². The molecular weight excluding hydrogens is 405 g/mol. The third kappa shape index (κ3) is 3.32. The standard InChI is InChI=1S/C16H14BrClFNO4/c1-24-16(23)14-11(7-19)20-10(6-17)13(15(21)22)12(14)8-4-2-3-5-9(8)18/h2-5,12,20H,6-7H2,1H3,(H,21,22). The van der Waals surface area contributed by atoms with Gasteiger partial charge in [-0.25, -0.2) is 14.0 Å². The number of methoxy groups -OCH3 is 1. The van der Waals surface area contributed by atoms with Crippen LogP contribution < -0.4 is 5.32 Å². The van der Waals surface area contributed by atoms with Crippen LogP contribution in [-0.4, -0.2) is 36.2 Å². The largest absolute Gasteiger partial charge is 0.478 e. The fourth-order valence-electron chi connectivity index (χ4n) is 2.64. The lowest BCUT2D eigenvalue weighted by molar-refractivity contribution is -0.136. The number of carbonyl (C=O) groups is 2. The second kappa shape index (κ2) is 7.81. The number of dihydropyridines is 1. The van der Waals surface area contributed by atoms with Gasteiger partial charge in [0.25, 0.3) is 0 Å². The Morgan fingerprint density at radius 1 is 1.33 bits per heavy atom. The normalized spacial score (nSPS) is 17.6. The minimum atomic E-state index is -1.24. The van der Waals surface area contributed by atoms with Crippen molar-refractivity contribution >= 4 is 39.5 Å². The van der Waals surface area contributed by atoms with Crippen LogP contribution in [-0.2, 0) is 14.3 Å². The molecule has 1 aromatic rings. The van der Waals surface area contributed by atoms with Crippen LogP contribution in [0.5, 0.6) is 0 Å². The Bertz CT molecular complexity index is 747. The van der Waals surface area contributed by atoms with E-state index in [1.54, 1.807) is 24.3 Å². The Labute approximate surface area is 151 Å². The smallest absolute Gasteiger partial charge is 0.336 e. The summed E-state index contributed by atoms with van der Waals surface area (Å²) in [6.07, 6.45) is 0. The molecule has 0 radical (unpaired) electrons. The molecule has 0 fully saturated rings. The van der Waals surface area contributed by atoms with Crippen LogP contribution in [0.2, 0.25) is 5.02 Å². The SMILES string of the molecule is COC(=O)C1=C(CF)NC(CBr)=C(C(=O)O)C1c1ccccc1Cl. The number of esters is 1. The van der Waals surface area contributed by atoms with Gasteiger partial charge < -0.3 is 15.2 Å². The Balaban J connectivity index is 2.79. The summed E-state index contributed by atoms with van der Waals surface area (Å²) in [6, 6.07) is 6.53. The molecule has 0 aromatic heterocycles. The van der Waals surface area contributed by atoms with Gasteiger partial charge in [0.1, 0.15) is 6.67 Å². The summed E-state index contributed by atoms with van der Waals surface area (Å²) >= 11 is 9.40. The summed E-state index contributed by atoms with van der Waals surface area (Å²) in [5.41, 5.74) is 0.426. The quantitative estimate of drug-likeness (QED) is 0.567. The lowest BCUT2D eigenvalue weighted by Crippen LogP contribution is -2.34. The third-order valence-electron chi connectivity index (χ3n) is 3.65. The first-order valence-corrected chi connectivity index (χ1v) is 8.37. The number of alkyl halides is 2. The number of allylic oxidation sites excluding steroid dienone is 2. The number of ether oxygens (including phenoxy) is 1. The molecule has 1 aliphatic rings. The van der Waals surface area contributed by atoms with E-state index in [1.807, 2.05) is 0 Å². The van der Waals surface area contributed by atoms with Crippen LogP contribution in [0.25, 0.3) is 0 Å². The predicted molar refractivity (Wildman–Crippen MR) is 90.8 cm³/mol. The van der Waals surface area contributed by atoms with Crippen molar-refractivity contribution in [2.75, 3.05) is 19.1 Å². The average molecular weight is 419 g/mol. The van der Waals surface area contributed by atoms with Gasteiger partial charge in [-0.3, -0.25) is 0 Å². The van der Waals surface area contributed by atoms with E-state index >= 15 is 0 Å². The zero-order valence-electron chi connectivity index (χ0n) is 12.6. The number of benzene rings is 1. The van der Waals surface area contributed by atoms with Gasteiger partial charge in [-0.05, 0) is 11.6 Å². The molecule has 0 aliphatic carbocycles. The van der Waals surface area contributed by atoms with Crippen LogP contribution in [0.15, 0.2) is 46.8 Å². The monoisotopic (exact) mass is 417 g/mol. The average Bonchev–Trinajstić information content (AvgIpc) is 2.59. The van der Waals surface area contributed by atoms with Gasteiger partial charge in [0.05, 0.1) is 29.9 Å². The third-order valence-corrected chi connectivity index (χ3v) is 4.55. The molecule has 8 heteroatoms. The molecule has 2 N–H and O–H groups in total. The molecule has 1 atom stereocenters. The number of halogens is 3. The van der Waals surface area contributed by atoms with Crippen LogP contribution in [0.3, 0.4) is 0 Å². The van der Waals surface area contributed by atoms with Crippen molar-refractivity contribution in [1.29, 1.82) is 0 Å². The molecule has 1 aliphatic heterocycles. The first-order chi connectivity index (χ1) is 11.5. The first-order valence-electron chi connectivity index (χ1n) is 6.87. The fraction of sp³-hybridized carbons (Fsp3) is 0.250. The number of hydrogen-bond donors (Lipinski definition) is 2. The zero-order valence-corrected chi connectivity index (χ0v) is 14.9. The van der Waals surface area contributed by atoms with Gasteiger partial charge in [0.2, 0.25) is 0 Å². The van der Waals surface area contributed by atoms with E-state index in [4.69, 9.17) is 16.3 Å². The van der Waals surface area contributed by atoms with E-state index in [1.165, 1.54) is 0 Å². The first kappa shape index (κ1) is 18.5. The number of aliphatic carboxylic acids is 1. The molecule has 1 heterocycles. The Hall–Kier alpha value is -1.86. The predicted octanol–water partition coefficient (Wildman–Crippen LogP) is 3.16. The number of carbonyl (C=O) groups excluding carboxylic acids is 1.